The van der Waals surface area contributed by atoms with Crippen molar-refractivity contribution in [2.45, 2.75) is 18.1 Å². The van der Waals surface area contributed by atoms with Gasteiger partial charge < -0.3 is 0 Å². The summed E-state index contributed by atoms with van der Waals surface area (Å²) >= 11 is 4.37. The largest absolute Gasteiger partial charge is 0.295 e. The second-order valence-corrected chi connectivity index (χ2v) is 8.62. The number of Topliss-reactive ketones (excluding diaryl/α,β-unsaturated/α-hetero) is 1. The van der Waals surface area contributed by atoms with Crippen LogP contribution < -0.4 is 4.72 Å². The fourth-order valence-corrected chi connectivity index (χ4v) is 4.72. The van der Waals surface area contributed by atoms with E-state index < -0.39 is 10.0 Å². The van der Waals surface area contributed by atoms with Crippen molar-refractivity contribution >= 4 is 48.8 Å². The van der Waals surface area contributed by atoms with Gasteiger partial charge in [0, 0.05) is 5.56 Å². The first kappa shape index (κ1) is 15.2. The molecule has 0 radical (unpaired) electrons. The first-order valence-electron chi connectivity index (χ1n) is 5.69. The van der Waals surface area contributed by atoms with Crippen LogP contribution in [0.4, 0.5) is 5.69 Å². The number of aryl methyl sites for hydroxylation is 1. The standard InChI is InChI=1S/C13H12BrNO3S2/c1-8-3-4-10(9(2)16)7-11(8)15-20(17,18)13-6-5-12(14)19-13/h3-7,15H,1-2H3. The zero-order valence-corrected chi connectivity index (χ0v) is 14.0. The molecule has 106 valence electrons. The zero-order valence-electron chi connectivity index (χ0n) is 10.8. The van der Waals surface area contributed by atoms with Gasteiger partial charge in [-0.2, -0.15) is 0 Å². The fraction of sp³-hybridized carbons (Fsp3) is 0.154. The lowest BCUT2D eigenvalue weighted by Gasteiger charge is -2.10. The minimum atomic E-state index is -3.63. The molecule has 2 rings (SSSR count). The first-order chi connectivity index (χ1) is 9.29. The minimum absolute atomic E-state index is 0.107. The van der Waals surface area contributed by atoms with Crippen LogP contribution >= 0.6 is 27.3 Å². The maximum Gasteiger partial charge on any atom is 0.271 e. The summed E-state index contributed by atoms with van der Waals surface area (Å²) in [5, 5.41) is 0. The fourth-order valence-electron chi connectivity index (χ4n) is 1.59. The SMILES string of the molecule is CC(=O)c1ccc(C)c(NS(=O)(=O)c2ccc(Br)s2)c1. The molecule has 0 spiro atoms. The normalized spacial score (nSPS) is 11.3. The molecule has 0 bridgehead atoms. The molecule has 20 heavy (non-hydrogen) atoms. The quantitative estimate of drug-likeness (QED) is 0.828. The second-order valence-electron chi connectivity index (χ2n) is 4.25. The topological polar surface area (TPSA) is 63.2 Å². The molecule has 0 amide bonds. The molecule has 1 aromatic carbocycles. The lowest BCUT2D eigenvalue weighted by atomic mass is 10.1. The number of ketones is 1. The number of hydrogen-bond donors (Lipinski definition) is 1. The van der Waals surface area contributed by atoms with Crippen LogP contribution in [-0.2, 0) is 10.0 Å². The summed E-state index contributed by atoms with van der Waals surface area (Å²) in [6.07, 6.45) is 0. The molecule has 0 unspecified atom stereocenters. The highest BCUT2D eigenvalue weighted by Crippen LogP contribution is 2.28. The summed E-state index contributed by atoms with van der Waals surface area (Å²) < 4.78 is 28.0. The Hall–Kier alpha value is -1.18. The maximum absolute atomic E-state index is 12.2. The van der Waals surface area contributed by atoms with Crippen LogP contribution in [0, 0.1) is 6.92 Å². The Kier molecular flexibility index (Phi) is 4.31. The Labute approximate surface area is 130 Å². The van der Waals surface area contributed by atoms with Crippen molar-refractivity contribution < 1.29 is 13.2 Å². The van der Waals surface area contributed by atoms with Gasteiger partial charge in [-0.05, 0) is 53.5 Å². The van der Waals surface area contributed by atoms with E-state index in [9.17, 15) is 13.2 Å². The zero-order chi connectivity index (χ0) is 14.9. The molecule has 7 heteroatoms. The van der Waals surface area contributed by atoms with Crippen molar-refractivity contribution in [1.29, 1.82) is 0 Å². The summed E-state index contributed by atoms with van der Waals surface area (Å²) in [5.74, 6) is -0.107. The van der Waals surface area contributed by atoms with Gasteiger partial charge >= 0.3 is 0 Å². The van der Waals surface area contributed by atoms with E-state index in [1.54, 1.807) is 31.2 Å². The number of sulfonamides is 1. The molecule has 0 fully saturated rings. The molecule has 1 heterocycles. The molecule has 0 saturated carbocycles. The van der Waals surface area contributed by atoms with E-state index in [0.29, 0.717) is 11.3 Å². The second kappa shape index (κ2) is 5.67. The smallest absolute Gasteiger partial charge is 0.271 e. The predicted molar refractivity (Wildman–Crippen MR) is 84.0 cm³/mol. The predicted octanol–water partition coefficient (Wildman–Crippen LogP) is 3.82. The van der Waals surface area contributed by atoms with Gasteiger partial charge in [-0.15, -0.1) is 11.3 Å². The summed E-state index contributed by atoms with van der Waals surface area (Å²) in [6, 6.07) is 8.16. The number of carbonyl (C=O) groups is 1. The number of benzene rings is 1. The van der Waals surface area contributed by atoms with Crippen LogP contribution in [0.3, 0.4) is 0 Å². The third-order valence-electron chi connectivity index (χ3n) is 2.70. The molecule has 0 aliphatic rings. The Morgan fingerprint density at radius 2 is 1.95 bits per heavy atom. The Bertz CT molecular complexity index is 766. The van der Waals surface area contributed by atoms with Gasteiger partial charge in [0.2, 0.25) is 0 Å². The van der Waals surface area contributed by atoms with E-state index in [-0.39, 0.29) is 9.99 Å². The van der Waals surface area contributed by atoms with Gasteiger partial charge in [-0.3, -0.25) is 9.52 Å². The summed E-state index contributed by atoms with van der Waals surface area (Å²) in [5.41, 5.74) is 1.65. The first-order valence-corrected chi connectivity index (χ1v) is 8.78. The molecule has 0 aliphatic heterocycles. The molecular weight excluding hydrogens is 362 g/mol. The van der Waals surface area contributed by atoms with E-state index in [4.69, 9.17) is 0 Å². The lowest BCUT2D eigenvalue weighted by Crippen LogP contribution is -2.13. The third-order valence-corrected chi connectivity index (χ3v) is 6.18. The van der Waals surface area contributed by atoms with Crippen LogP contribution in [-0.4, -0.2) is 14.2 Å². The third kappa shape index (κ3) is 3.28. The van der Waals surface area contributed by atoms with Crippen molar-refractivity contribution in [2.24, 2.45) is 0 Å². The van der Waals surface area contributed by atoms with Crippen molar-refractivity contribution in [3.05, 3.63) is 45.2 Å². The van der Waals surface area contributed by atoms with Gasteiger partial charge in [0.15, 0.2) is 5.78 Å². The number of nitrogens with one attached hydrogen (secondary N) is 1. The van der Waals surface area contributed by atoms with E-state index in [1.807, 2.05) is 0 Å². The minimum Gasteiger partial charge on any atom is -0.295 e. The number of anilines is 1. The van der Waals surface area contributed by atoms with E-state index in [2.05, 4.69) is 20.7 Å². The van der Waals surface area contributed by atoms with Gasteiger partial charge in [0.25, 0.3) is 10.0 Å². The molecule has 1 N–H and O–H groups in total. The number of rotatable bonds is 4. The molecule has 0 saturated heterocycles. The van der Waals surface area contributed by atoms with Gasteiger partial charge in [-0.1, -0.05) is 12.1 Å². The number of halogens is 1. The van der Waals surface area contributed by atoms with Crippen LogP contribution in [0.1, 0.15) is 22.8 Å². The average molecular weight is 374 g/mol. The van der Waals surface area contributed by atoms with E-state index in [0.717, 1.165) is 20.7 Å². The Morgan fingerprint density at radius 1 is 1.25 bits per heavy atom. The molecular formula is C13H12BrNO3S2. The molecule has 0 aliphatic carbocycles. The molecule has 1 aromatic heterocycles. The van der Waals surface area contributed by atoms with Crippen molar-refractivity contribution in [1.82, 2.24) is 0 Å². The summed E-state index contributed by atoms with van der Waals surface area (Å²) in [4.78, 5) is 11.4. The number of carbonyl (C=O) groups excluding carboxylic acids is 1. The van der Waals surface area contributed by atoms with Gasteiger partial charge in [0.1, 0.15) is 4.21 Å². The highest BCUT2D eigenvalue weighted by Gasteiger charge is 2.18. The van der Waals surface area contributed by atoms with E-state index in [1.165, 1.54) is 13.0 Å². The van der Waals surface area contributed by atoms with Gasteiger partial charge in [-0.25, -0.2) is 8.42 Å². The van der Waals surface area contributed by atoms with Crippen LogP contribution in [0.2, 0.25) is 0 Å². The average Bonchev–Trinajstić information content (AvgIpc) is 2.79. The summed E-state index contributed by atoms with van der Waals surface area (Å²) in [7, 11) is -3.63. The van der Waals surface area contributed by atoms with Crippen molar-refractivity contribution in [3.8, 4) is 0 Å². The number of hydrogen-bond acceptors (Lipinski definition) is 4. The van der Waals surface area contributed by atoms with Crippen LogP contribution in [0.5, 0.6) is 0 Å². The molecule has 0 atom stereocenters. The lowest BCUT2D eigenvalue weighted by molar-refractivity contribution is 0.101. The van der Waals surface area contributed by atoms with Crippen LogP contribution in [0.15, 0.2) is 38.3 Å². The van der Waals surface area contributed by atoms with Crippen molar-refractivity contribution in [2.75, 3.05) is 4.72 Å². The Balaban J connectivity index is 2.39. The highest BCUT2D eigenvalue weighted by molar-refractivity contribution is 9.11. The van der Waals surface area contributed by atoms with E-state index >= 15 is 0 Å². The van der Waals surface area contributed by atoms with Crippen LogP contribution in [0.25, 0.3) is 0 Å². The highest BCUT2D eigenvalue weighted by atomic mass is 79.9. The molecule has 4 nitrogen and oxygen atoms in total. The van der Waals surface area contributed by atoms with Crippen molar-refractivity contribution in [3.63, 3.8) is 0 Å². The number of thiophene rings is 1. The summed E-state index contributed by atoms with van der Waals surface area (Å²) in [6.45, 7) is 3.23. The Morgan fingerprint density at radius 3 is 2.50 bits per heavy atom. The van der Waals surface area contributed by atoms with Gasteiger partial charge in [0.05, 0.1) is 9.47 Å². The maximum atomic E-state index is 12.2. The molecule has 2 aromatic rings. The monoisotopic (exact) mass is 373 g/mol.